The lowest BCUT2D eigenvalue weighted by atomic mass is 10.1. The molecule has 1 unspecified atom stereocenters. The number of aryl methyl sites for hydroxylation is 1. The van der Waals surface area contributed by atoms with Gasteiger partial charge in [0.05, 0.1) is 23.6 Å². The fourth-order valence-electron chi connectivity index (χ4n) is 2.23. The number of hydrogen-bond acceptors (Lipinski definition) is 5. The minimum Gasteiger partial charge on any atom is -0.459 e. The van der Waals surface area contributed by atoms with Gasteiger partial charge in [0.1, 0.15) is 17.4 Å². The average molecular weight is 273 g/mol. The molecule has 0 aliphatic rings. The van der Waals surface area contributed by atoms with Crippen molar-refractivity contribution in [3.05, 3.63) is 47.5 Å². The molecule has 19 heavy (non-hydrogen) atoms. The molecule has 2 aromatic heterocycles. The van der Waals surface area contributed by atoms with Crippen LogP contribution in [-0.4, -0.2) is 15.3 Å². The Morgan fingerprint density at radius 3 is 3.00 bits per heavy atom. The van der Waals surface area contributed by atoms with E-state index in [1.165, 1.54) is 11.7 Å². The first-order valence-corrected chi connectivity index (χ1v) is 7.02. The van der Waals surface area contributed by atoms with E-state index in [9.17, 15) is 0 Å². The van der Waals surface area contributed by atoms with Crippen molar-refractivity contribution in [1.29, 1.82) is 0 Å². The molecule has 0 bridgehead atoms. The number of nitrogens with zero attached hydrogens (tertiary/aromatic N) is 2. The fraction of sp³-hybridized carbons (Fsp3) is 0.286. The summed E-state index contributed by atoms with van der Waals surface area (Å²) in [5.74, 6) is 0.888. The molecule has 5 heteroatoms. The predicted molar refractivity (Wildman–Crippen MR) is 76.4 cm³/mol. The molecule has 98 valence electrons. The minimum absolute atomic E-state index is 0.0319. The third-order valence-electron chi connectivity index (χ3n) is 3.13. The second-order valence-corrected chi connectivity index (χ2v) is 5.02. The Morgan fingerprint density at radius 1 is 1.42 bits per heavy atom. The van der Waals surface area contributed by atoms with Crippen LogP contribution in [0.2, 0.25) is 0 Å². The maximum absolute atomic E-state index is 6.01. The molecule has 0 amide bonds. The van der Waals surface area contributed by atoms with E-state index < -0.39 is 0 Å². The highest BCUT2D eigenvalue weighted by molar-refractivity contribution is 6.99. The molecule has 2 heterocycles. The van der Waals surface area contributed by atoms with E-state index >= 15 is 0 Å². The largest absolute Gasteiger partial charge is 0.459 e. The molecule has 0 aliphatic heterocycles. The molecule has 0 aliphatic carbocycles. The Labute approximate surface area is 115 Å². The van der Waals surface area contributed by atoms with Gasteiger partial charge in [0, 0.05) is 5.39 Å². The fourth-order valence-corrected chi connectivity index (χ4v) is 2.67. The van der Waals surface area contributed by atoms with E-state index in [0.29, 0.717) is 0 Å². The second-order valence-electron chi connectivity index (χ2n) is 4.47. The zero-order valence-electron chi connectivity index (χ0n) is 10.9. The van der Waals surface area contributed by atoms with Crippen LogP contribution in [0.25, 0.3) is 11.0 Å². The zero-order valence-corrected chi connectivity index (χ0v) is 11.7. The van der Waals surface area contributed by atoms with Crippen LogP contribution in [0.5, 0.6) is 0 Å². The molecule has 4 nitrogen and oxygen atoms in total. The molecule has 0 fully saturated rings. The molecule has 3 aromatic rings. The molecule has 0 saturated heterocycles. The van der Waals surface area contributed by atoms with Gasteiger partial charge in [-0.2, -0.15) is 8.75 Å². The first kappa shape index (κ1) is 12.3. The number of hydrogen-bond donors (Lipinski definition) is 1. The van der Waals surface area contributed by atoms with Crippen LogP contribution >= 0.6 is 11.7 Å². The summed E-state index contributed by atoms with van der Waals surface area (Å²) in [6, 6.07) is 8.22. The zero-order chi connectivity index (χ0) is 13.2. The number of para-hydroxylation sites is 1. The molecule has 0 radical (unpaired) electrons. The van der Waals surface area contributed by atoms with Gasteiger partial charge in [0.2, 0.25) is 0 Å². The molecule has 1 aromatic carbocycles. The van der Waals surface area contributed by atoms with E-state index in [1.54, 1.807) is 6.20 Å². The van der Waals surface area contributed by atoms with Crippen LogP contribution in [0.15, 0.2) is 34.9 Å². The normalized spacial score (nSPS) is 12.9. The summed E-state index contributed by atoms with van der Waals surface area (Å²) in [7, 11) is 0. The Balaban J connectivity index is 2.08. The van der Waals surface area contributed by atoms with Crippen LogP contribution in [0.3, 0.4) is 0 Å². The van der Waals surface area contributed by atoms with Crippen LogP contribution < -0.4 is 5.32 Å². The molecule has 3 rings (SSSR count). The summed E-state index contributed by atoms with van der Waals surface area (Å²) in [5.41, 5.74) is 3.00. The van der Waals surface area contributed by atoms with E-state index in [1.807, 2.05) is 6.07 Å². The highest BCUT2D eigenvalue weighted by Gasteiger charge is 2.20. The van der Waals surface area contributed by atoms with Gasteiger partial charge in [-0.15, -0.1) is 0 Å². The minimum atomic E-state index is -0.0319. The summed E-state index contributed by atoms with van der Waals surface area (Å²) in [5, 5.41) is 4.52. The quantitative estimate of drug-likeness (QED) is 0.792. The average Bonchev–Trinajstić information content (AvgIpc) is 3.05. The SMILES string of the molecule is CCNC(c1cnsn1)c1cc2cccc(C)c2o1. The van der Waals surface area contributed by atoms with Gasteiger partial charge in [-0.3, -0.25) is 0 Å². The van der Waals surface area contributed by atoms with E-state index in [-0.39, 0.29) is 6.04 Å². The summed E-state index contributed by atoms with van der Waals surface area (Å²) in [4.78, 5) is 0. The number of benzene rings is 1. The smallest absolute Gasteiger partial charge is 0.137 e. The number of furan rings is 1. The van der Waals surface area contributed by atoms with Crippen LogP contribution in [0, 0.1) is 6.92 Å². The highest BCUT2D eigenvalue weighted by Crippen LogP contribution is 2.29. The number of nitrogens with one attached hydrogen (secondary N) is 1. The van der Waals surface area contributed by atoms with Crippen molar-refractivity contribution >= 4 is 22.7 Å². The van der Waals surface area contributed by atoms with Gasteiger partial charge in [-0.25, -0.2) is 0 Å². The standard InChI is InChI=1S/C14H15N3OS/c1-3-15-13(11-8-16-19-17-11)12-7-10-6-4-5-9(2)14(10)18-12/h4-8,13,15H,3H2,1-2H3. The predicted octanol–water partition coefficient (Wildman–Crippen LogP) is 3.29. The lowest BCUT2D eigenvalue weighted by Gasteiger charge is -2.11. The van der Waals surface area contributed by atoms with Crippen molar-refractivity contribution < 1.29 is 4.42 Å². The summed E-state index contributed by atoms with van der Waals surface area (Å²) < 4.78 is 14.4. The molecular formula is C14H15N3OS. The van der Waals surface area contributed by atoms with Crippen molar-refractivity contribution in [3.8, 4) is 0 Å². The van der Waals surface area contributed by atoms with E-state index in [4.69, 9.17) is 4.42 Å². The molecule has 1 N–H and O–H groups in total. The highest BCUT2D eigenvalue weighted by atomic mass is 32.1. The Kier molecular flexibility index (Phi) is 3.31. The van der Waals surface area contributed by atoms with Gasteiger partial charge < -0.3 is 9.73 Å². The molecule has 1 atom stereocenters. The molecule has 0 saturated carbocycles. The van der Waals surface area contributed by atoms with Crippen molar-refractivity contribution in [2.24, 2.45) is 0 Å². The van der Waals surface area contributed by atoms with E-state index in [2.05, 4.69) is 46.1 Å². The van der Waals surface area contributed by atoms with Crippen LogP contribution in [0.1, 0.15) is 30.0 Å². The summed E-state index contributed by atoms with van der Waals surface area (Å²) in [6.07, 6.45) is 1.79. The first-order valence-electron chi connectivity index (χ1n) is 6.29. The van der Waals surface area contributed by atoms with Gasteiger partial charge in [0.15, 0.2) is 0 Å². The monoisotopic (exact) mass is 273 g/mol. The lowest BCUT2D eigenvalue weighted by molar-refractivity contribution is 0.472. The van der Waals surface area contributed by atoms with Crippen molar-refractivity contribution in [1.82, 2.24) is 14.1 Å². The van der Waals surface area contributed by atoms with Crippen LogP contribution in [0.4, 0.5) is 0 Å². The Hall–Kier alpha value is -1.72. The van der Waals surface area contributed by atoms with Gasteiger partial charge >= 0.3 is 0 Å². The van der Waals surface area contributed by atoms with Crippen LogP contribution in [-0.2, 0) is 0 Å². The molecular weight excluding hydrogens is 258 g/mol. The van der Waals surface area contributed by atoms with Gasteiger partial charge in [-0.1, -0.05) is 25.1 Å². The lowest BCUT2D eigenvalue weighted by Crippen LogP contribution is -2.21. The summed E-state index contributed by atoms with van der Waals surface area (Å²) in [6.45, 7) is 4.97. The third kappa shape index (κ3) is 2.27. The number of rotatable bonds is 4. The van der Waals surface area contributed by atoms with Crippen molar-refractivity contribution in [3.63, 3.8) is 0 Å². The number of aromatic nitrogens is 2. The van der Waals surface area contributed by atoms with Gasteiger partial charge in [0.25, 0.3) is 0 Å². The van der Waals surface area contributed by atoms with Gasteiger partial charge in [-0.05, 0) is 25.1 Å². The first-order chi connectivity index (χ1) is 9.29. The Morgan fingerprint density at radius 2 is 2.32 bits per heavy atom. The molecule has 0 spiro atoms. The number of fused-ring (bicyclic) bond motifs is 1. The van der Waals surface area contributed by atoms with Crippen molar-refractivity contribution in [2.45, 2.75) is 19.9 Å². The van der Waals surface area contributed by atoms with Crippen molar-refractivity contribution in [2.75, 3.05) is 6.54 Å². The Bertz CT molecular complexity index is 675. The summed E-state index contributed by atoms with van der Waals surface area (Å²) >= 11 is 1.22. The van der Waals surface area contributed by atoms with E-state index in [0.717, 1.165) is 34.5 Å². The third-order valence-corrected chi connectivity index (χ3v) is 3.62. The second kappa shape index (κ2) is 5.11. The topological polar surface area (TPSA) is 51.0 Å². The maximum atomic E-state index is 6.01. The maximum Gasteiger partial charge on any atom is 0.137 e.